The molecule has 1 aromatic carbocycles. The molecule has 0 aliphatic heterocycles. The van der Waals surface area contributed by atoms with Crippen LogP contribution in [0.3, 0.4) is 0 Å². The van der Waals surface area contributed by atoms with Gasteiger partial charge in [-0.1, -0.05) is 12.1 Å². The van der Waals surface area contributed by atoms with E-state index in [0.29, 0.717) is 18.2 Å². The quantitative estimate of drug-likeness (QED) is 0.792. The standard InChI is InChI=1S/C16H14F3N5/c1-11-8-9-24(23-11)15-7-6-14(21-22-15)20-10-12-2-4-13(5-3-12)16(17,18)19/h2-9H,10H2,1H3,(H,20,21). The normalized spacial score (nSPS) is 11.5. The molecule has 0 saturated heterocycles. The molecule has 124 valence electrons. The fourth-order valence-electron chi connectivity index (χ4n) is 2.09. The lowest BCUT2D eigenvalue weighted by molar-refractivity contribution is -0.137. The van der Waals surface area contributed by atoms with E-state index in [0.717, 1.165) is 23.4 Å². The zero-order valence-corrected chi connectivity index (χ0v) is 12.7. The summed E-state index contributed by atoms with van der Waals surface area (Å²) in [5.74, 6) is 1.12. The molecule has 0 fully saturated rings. The Morgan fingerprint density at radius 2 is 1.75 bits per heavy atom. The topological polar surface area (TPSA) is 55.6 Å². The highest BCUT2D eigenvalue weighted by Gasteiger charge is 2.29. The summed E-state index contributed by atoms with van der Waals surface area (Å²) < 4.78 is 39.1. The SMILES string of the molecule is Cc1ccn(-c2ccc(NCc3ccc(C(F)(F)F)cc3)nn2)n1. The maximum Gasteiger partial charge on any atom is 0.416 e. The first kappa shape index (κ1) is 16.0. The van der Waals surface area contributed by atoms with E-state index in [1.54, 1.807) is 23.0 Å². The lowest BCUT2D eigenvalue weighted by Gasteiger charge is -2.09. The monoisotopic (exact) mass is 333 g/mol. The van der Waals surface area contributed by atoms with Gasteiger partial charge in [0.2, 0.25) is 0 Å². The van der Waals surface area contributed by atoms with E-state index < -0.39 is 11.7 Å². The molecule has 0 unspecified atom stereocenters. The first-order valence-corrected chi connectivity index (χ1v) is 7.18. The third-order valence-corrected chi connectivity index (χ3v) is 3.36. The van der Waals surface area contributed by atoms with Crippen molar-refractivity contribution in [2.45, 2.75) is 19.6 Å². The molecule has 0 bridgehead atoms. The van der Waals surface area contributed by atoms with Crippen molar-refractivity contribution >= 4 is 5.82 Å². The minimum Gasteiger partial charge on any atom is -0.365 e. The van der Waals surface area contributed by atoms with Crippen LogP contribution in [0.1, 0.15) is 16.8 Å². The predicted molar refractivity (Wildman–Crippen MR) is 82.7 cm³/mol. The number of hydrogen-bond donors (Lipinski definition) is 1. The van der Waals surface area contributed by atoms with E-state index in [4.69, 9.17) is 0 Å². The molecule has 24 heavy (non-hydrogen) atoms. The van der Waals surface area contributed by atoms with Crippen LogP contribution in [0.25, 0.3) is 5.82 Å². The molecule has 1 N–H and O–H groups in total. The number of rotatable bonds is 4. The fraction of sp³-hybridized carbons (Fsp3) is 0.188. The molecule has 0 atom stereocenters. The Morgan fingerprint density at radius 1 is 1.00 bits per heavy atom. The highest BCUT2D eigenvalue weighted by Crippen LogP contribution is 2.29. The van der Waals surface area contributed by atoms with Gasteiger partial charge >= 0.3 is 6.18 Å². The Labute approximate surface area is 136 Å². The lowest BCUT2D eigenvalue weighted by atomic mass is 10.1. The van der Waals surface area contributed by atoms with E-state index in [-0.39, 0.29) is 0 Å². The molecule has 0 aliphatic carbocycles. The van der Waals surface area contributed by atoms with Crippen LogP contribution < -0.4 is 5.32 Å². The first-order chi connectivity index (χ1) is 11.4. The molecule has 0 saturated carbocycles. The molecular weight excluding hydrogens is 319 g/mol. The molecule has 0 amide bonds. The van der Waals surface area contributed by atoms with Gasteiger partial charge in [0, 0.05) is 12.7 Å². The zero-order valence-electron chi connectivity index (χ0n) is 12.7. The van der Waals surface area contributed by atoms with Crippen molar-refractivity contribution in [3.63, 3.8) is 0 Å². The summed E-state index contributed by atoms with van der Waals surface area (Å²) in [5, 5.41) is 15.3. The summed E-state index contributed by atoms with van der Waals surface area (Å²) in [6, 6.07) is 10.3. The van der Waals surface area contributed by atoms with Gasteiger partial charge in [-0.3, -0.25) is 0 Å². The highest BCUT2D eigenvalue weighted by molar-refractivity contribution is 5.37. The maximum atomic E-state index is 12.5. The second-order valence-corrected chi connectivity index (χ2v) is 5.23. The van der Waals surface area contributed by atoms with Crippen LogP contribution in [0.2, 0.25) is 0 Å². The van der Waals surface area contributed by atoms with Crippen molar-refractivity contribution in [3.05, 3.63) is 65.5 Å². The zero-order chi connectivity index (χ0) is 17.2. The van der Waals surface area contributed by atoms with E-state index in [1.165, 1.54) is 12.1 Å². The van der Waals surface area contributed by atoms with Crippen LogP contribution in [-0.2, 0) is 12.7 Å². The van der Waals surface area contributed by atoms with Crippen LogP contribution >= 0.6 is 0 Å². The molecule has 3 aromatic rings. The molecular formula is C16H14F3N5. The van der Waals surface area contributed by atoms with Crippen molar-refractivity contribution in [1.29, 1.82) is 0 Å². The number of anilines is 1. The fourth-order valence-corrected chi connectivity index (χ4v) is 2.09. The molecule has 2 aromatic heterocycles. The molecule has 5 nitrogen and oxygen atoms in total. The van der Waals surface area contributed by atoms with Crippen molar-refractivity contribution < 1.29 is 13.2 Å². The summed E-state index contributed by atoms with van der Waals surface area (Å²) in [7, 11) is 0. The van der Waals surface area contributed by atoms with Crippen LogP contribution in [-0.4, -0.2) is 20.0 Å². The van der Waals surface area contributed by atoms with E-state index >= 15 is 0 Å². The number of aryl methyl sites for hydroxylation is 1. The summed E-state index contributed by atoms with van der Waals surface area (Å²) in [6.45, 7) is 2.23. The van der Waals surface area contributed by atoms with Gasteiger partial charge in [0.05, 0.1) is 11.3 Å². The molecule has 3 rings (SSSR count). The Bertz CT molecular complexity index is 807. The van der Waals surface area contributed by atoms with Crippen molar-refractivity contribution in [2.24, 2.45) is 0 Å². The van der Waals surface area contributed by atoms with E-state index in [1.807, 2.05) is 13.0 Å². The number of halogens is 3. The molecule has 8 heteroatoms. The average Bonchev–Trinajstić information content (AvgIpc) is 2.99. The third-order valence-electron chi connectivity index (χ3n) is 3.36. The van der Waals surface area contributed by atoms with Crippen molar-refractivity contribution in [2.75, 3.05) is 5.32 Å². The van der Waals surface area contributed by atoms with Gasteiger partial charge in [-0.15, -0.1) is 10.2 Å². The minimum atomic E-state index is -4.32. The van der Waals surface area contributed by atoms with Crippen LogP contribution in [0, 0.1) is 6.92 Å². The number of nitrogens with one attached hydrogen (secondary N) is 1. The van der Waals surface area contributed by atoms with Gasteiger partial charge in [0.15, 0.2) is 5.82 Å². The Morgan fingerprint density at radius 3 is 2.29 bits per heavy atom. The van der Waals surface area contributed by atoms with Gasteiger partial charge in [-0.25, -0.2) is 4.68 Å². The van der Waals surface area contributed by atoms with Gasteiger partial charge in [0.1, 0.15) is 5.82 Å². The molecule has 0 aliphatic rings. The van der Waals surface area contributed by atoms with Gasteiger partial charge in [0.25, 0.3) is 0 Å². The van der Waals surface area contributed by atoms with Gasteiger partial charge in [-0.05, 0) is 42.8 Å². The van der Waals surface area contributed by atoms with Gasteiger partial charge in [-0.2, -0.15) is 18.3 Å². The molecule has 0 radical (unpaired) electrons. The van der Waals surface area contributed by atoms with Crippen LogP contribution in [0.15, 0.2) is 48.7 Å². The molecule has 0 spiro atoms. The van der Waals surface area contributed by atoms with Gasteiger partial charge < -0.3 is 5.32 Å². The second kappa shape index (κ2) is 6.31. The first-order valence-electron chi connectivity index (χ1n) is 7.18. The Kier molecular flexibility index (Phi) is 4.20. The largest absolute Gasteiger partial charge is 0.416 e. The highest BCUT2D eigenvalue weighted by atomic mass is 19.4. The number of aromatic nitrogens is 4. The minimum absolute atomic E-state index is 0.354. The molecule has 2 heterocycles. The van der Waals surface area contributed by atoms with Crippen LogP contribution in [0.5, 0.6) is 0 Å². The second-order valence-electron chi connectivity index (χ2n) is 5.23. The number of alkyl halides is 3. The predicted octanol–water partition coefficient (Wildman–Crippen LogP) is 3.60. The van der Waals surface area contributed by atoms with Crippen LogP contribution in [0.4, 0.5) is 19.0 Å². The number of nitrogens with zero attached hydrogens (tertiary/aromatic N) is 4. The van der Waals surface area contributed by atoms with E-state index in [9.17, 15) is 13.2 Å². The van der Waals surface area contributed by atoms with Crippen molar-refractivity contribution in [1.82, 2.24) is 20.0 Å². The summed E-state index contributed by atoms with van der Waals surface area (Å²) >= 11 is 0. The maximum absolute atomic E-state index is 12.5. The number of hydrogen-bond acceptors (Lipinski definition) is 4. The summed E-state index contributed by atoms with van der Waals surface area (Å²) in [5.41, 5.74) is 0.933. The van der Waals surface area contributed by atoms with E-state index in [2.05, 4.69) is 20.6 Å². The summed E-state index contributed by atoms with van der Waals surface area (Å²) in [4.78, 5) is 0. The Balaban J connectivity index is 1.62. The summed E-state index contributed by atoms with van der Waals surface area (Å²) in [6.07, 6.45) is -2.53. The van der Waals surface area contributed by atoms with Crippen molar-refractivity contribution in [3.8, 4) is 5.82 Å². The third kappa shape index (κ3) is 3.70. The number of benzene rings is 1. The smallest absolute Gasteiger partial charge is 0.365 e. The lowest BCUT2D eigenvalue weighted by Crippen LogP contribution is -2.07. The average molecular weight is 333 g/mol. The Hall–Kier alpha value is -2.90.